The molecule has 0 spiro atoms. The SMILES string of the molecule is CC(C)Oc1ccc(C(O)c2cc(Br)c(Cl)s2)cc1. The number of halogens is 2. The molecule has 0 aliphatic rings. The van der Waals surface area contributed by atoms with Crippen molar-refractivity contribution < 1.29 is 9.84 Å². The molecule has 1 unspecified atom stereocenters. The molecule has 1 N–H and O–H groups in total. The maximum Gasteiger partial charge on any atom is 0.119 e. The van der Waals surface area contributed by atoms with Crippen LogP contribution in [-0.4, -0.2) is 11.2 Å². The highest BCUT2D eigenvalue weighted by atomic mass is 79.9. The topological polar surface area (TPSA) is 29.5 Å². The van der Waals surface area contributed by atoms with Gasteiger partial charge in [0.05, 0.1) is 6.10 Å². The van der Waals surface area contributed by atoms with E-state index in [2.05, 4.69) is 15.9 Å². The van der Waals surface area contributed by atoms with Crippen LogP contribution in [0.1, 0.15) is 30.4 Å². The summed E-state index contributed by atoms with van der Waals surface area (Å²) in [5, 5.41) is 10.3. The Hall–Kier alpha value is -0.550. The first-order valence-corrected chi connectivity index (χ1v) is 7.85. The van der Waals surface area contributed by atoms with Crippen LogP contribution in [0.25, 0.3) is 0 Å². The normalized spacial score (nSPS) is 12.7. The molecule has 0 aliphatic carbocycles. The Morgan fingerprint density at radius 3 is 2.37 bits per heavy atom. The van der Waals surface area contributed by atoms with Crippen LogP contribution in [0.2, 0.25) is 4.34 Å². The molecule has 0 amide bonds. The molecule has 1 aromatic heterocycles. The molecule has 2 aromatic rings. The molecule has 0 radical (unpaired) electrons. The van der Waals surface area contributed by atoms with E-state index in [1.807, 2.05) is 44.2 Å². The van der Waals surface area contributed by atoms with E-state index in [4.69, 9.17) is 16.3 Å². The average Bonchev–Trinajstić information content (AvgIpc) is 2.69. The van der Waals surface area contributed by atoms with Gasteiger partial charge in [0.25, 0.3) is 0 Å². The van der Waals surface area contributed by atoms with Crippen LogP contribution in [-0.2, 0) is 0 Å². The first-order valence-electron chi connectivity index (χ1n) is 5.87. The lowest BCUT2D eigenvalue weighted by Crippen LogP contribution is -2.05. The summed E-state index contributed by atoms with van der Waals surface area (Å²) in [6.07, 6.45) is -0.523. The van der Waals surface area contributed by atoms with Crippen molar-refractivity contribution >= 4 is 38.9 Å². The van der Waals surface area contributed by atoms with Gasteiger partial charge in [0.1, 0.15) is 16.2 Å². The lowest BCUT2D eigenvalue weighted by atomic mass is 10.1. The molecule has 0 bridgehead atoms. The van der Waals surface area contributed by atoms with E-state index in [0.717, 1.165) is 20.7 Å². The minimum absolute atomic E-state index is 0.142. The zero-order valence-electron chi connectivity index (χ0n) is 10.6. The molecule has 1 aromatic carbocycles. The second kappa shape index (κ2) is 6.27. The Kier molecular flexibility index (Phi) is 4.90. The zero-order valence-corrected chi connectivity index (χ0v) is 13.7. The average molecular weight is 362 g/mol. The van der Waals surface area contributed by atoms with Gasteiger partial charge >= 0.3 is 0 Å². The van der Waals surface area contributed by atoms with Crippen molar-refractivity contribution in [3.8, 4) is 5.75 Å². The van der Waals surface area contributed by atoms with Crippen molar-refractivity contribution in [1.29, 1.82) is 0 Å². The van der Waals surface area contributed by atoms with Crippen LogP contribution < -0.4 is 4.74 Å². The van der Waals surface area contributed by atoms with Gasteiger partial charge < -0.3 is 9.84 Å². The van der Waals surface area contributed by atoms with Gasteiger partial charge in [0.15, 0.2) is 0 Å². The zero-order chi connectivity index (χ0) is 14.0. The first-order chi connectivity index (χ1) is 8.97. The lowest BCUT2D eigenvalue weighted by molar-refractivity contribution is 0.223. The van der Waals surface area contributed by atoms with Crippen molar-refractivity contribution in [2.45, 2.75) is 26.1 Å². The Labute approximate surface area is 130 Å². The Bertz CT molecular complexity index is 532. The Balaban J connectivity index is 2.17. The van der Waals surface area contributed by atoms with Crippen molar-refractivity contribution in [2.75, 3.05) is 0 Å². The van der Waals surface area contributed by atoms with Gasteiger partial charge in [-0.05, 0) is 53.5 Å². The summed E-state index contributed by atoms with van der Waals surface area (Å²) in [7, 11) is 0. The number of aliphatic hydroxyl groups is 1. The van der Waals surface area contributed by atoms with Crippen LogP contribution in [0.3, 0.4) is 0 Å². The van der Waals surface area contributed by atoms with E-state index in [1.165, 1.54) is 11.3 Å². The first kappa shape index (κ1) is 14.9. The molecule has 2 rings (SSSR count). The highest BCUT2D eigenvalue weighted by Gasteiger charge is 2.15. The van der Waals surface area contributed by atoms with Crippen LogP contribution in [0.15, 0.2) is 34.8 Å². The fourth-order valence-electron chi connectivity index (χ4n) is 1.66. The van der Waals surface area contributed by atoms with Crippen molar-refractivity contribution in [2.24, 2.45) is 0 Å². The molecular weight excluding hydrogens is 348 g/mol. The Morgan fingerprint density at radius 1 is 1.26 bits per heavy atom. The van der Waals surface area contributed by atoms with Crippen LogP contribution >= 0.6 is 38.9 Å². The highest BCUT2D eigenvalue weighted by molar-refractivity contribution is 9.10. The van der Waals surface area contributed by atoms with Gasteiger partial charge in [0.2, 0.25) is 0 Å². The van der Waals surface area contributed by atoms with Crippen molar-refractivity contribution in [3.05, 3.63) is 49.6 Å². The summed E-state index contributed by atoms with van der Waals surface area (Å²) in [5.41, 5.74) is 0.821. The van der Waals surface area contributed by atoms with Gasteiger partial charge in [-0.15, -0.1) is 11.3 Å². The molecule has 0 saturated carbocycles. The van der Waals surface area contributed by atoms with E-state index >= 15 is 0 Å². The second-order valence-corrected chi connectivity index (χ2v) is 6.95. The molecule has 2 nitrogen and oxygen atoms in total. The van der Waals surface area contributed by atoms with E-state index in [0.29, 0.717) is 4.34 Å². The van der Waals surface area contributed by atoms with Crippen LogP contribution in [0, 0.1) is 0 Å². The molecule has 0 saturated heterocycles. The Morgan fingerprint density at radius 2 is 1.89 bits per heavy atom. The van der Waals surface area contributed by atoms with E-state index in [1.54, 1.807) is 0 Å². The fraction of sp³-hybridized carbons (Fsp3) is 0.286. The van der Waals surface area contributed by atoms with E-state index in [-0.39, 0.29) is 6.10 Å². The summed E-state index contributed by atoms with van der Waals surface area (Å²) in [6, 6.07) is 9.30. The fourth-order valence-corrected chi connectivity index (χ4v) is 3.41. The number of hydrogen-bond acceptors (Lipinski definition) is 3. The predicted octanol–water partition coefficient (Wildman–Crippen LogP) is 5.03. The predicted molar refractivity (Wildman–Crippen MR) is 83.3 cm³/mol. The number of hydrogen-bond donors (Lipinski definition) is 1. The molecule has 19 heavy (non-hydrogen) atoms. The van der Waals surface area contributed by atoms with Crippen LogP contribution in [0.5, 0.6) is 5.75 Å². The van der Waals surface area contributed by atoms with E-state index in [9.17, 15) is 5.11 Å². The largest absolute Gasteiger partial charge is 0.491 e. The quantitative estimate of drug-likeness (QED) is 0.827. The third kappa shape index (κ3) is 3.72. The standard InChI is InChI=1S/C14H14BrClO2S/c1-8(2)18-10-5-3-9(4-6-10)13(17)12-7-11(15)14(16)19-12/h3-8,13,17H,1-2H3. The minimum atomic E-state index is -0.665. The number of thiophene rings is 1. The minimum Gasteiger partial charge on any atom is -0.491 e. The number of aliphatic hydroxyl groups excluding tert-OH is 1. The summed E-state index contributed by atoms with van der Waals surface area (Å²) < 4.78 is 7.03. The van der Waals surface area contributed by atoms with Gasteiger partial charge in [-0.25, -0.2) is 0 Å². The number of benzene rings is 1. The highest BCUT2D eigenvalue weighted by Crippen LogP contribution is 2.37. The molecular formula is C14H14BrClO2S. The summed E-state index contributed by atoms with van der Waals surface area (Å²) >= 11 is 10.7. The smallest absolute Gasteiger partial charge is 0.119 e. The van der Waals surface area contributed by atoms with E-state index < -0.39 is 6.10 Å². The van der Waals surface area contributed by atoms with Gasteiger partial charge in [-0.2, -0.15) is 0 Å². The van der Waals surface area contributed by atoms with Crippen LogP contribution in [0.4, 0.5) is 0 Å². The molecule has 0 fully saturated rings. The summed E-state index contributed by atoms with van der Waals surface area (Å²) in [4.78, 5) is 0.814. The monoisotopic (exact) mass is 360 g/mol. The molecule has 0 aliphatic heterocycles. The molecule has 102 valence electrons. The van der Waals surface area contributed by atoms with Gasteiger partial charge in [-0.3, -0.25) is 0 Å². The lowest BCUT2D eigenvalue weighted by Gasteiger charge is -2.12. The third-order valence-corrected chi connectivity index (χ3v) is 5.03. The number of rotatable bonds is 4. The summed E-state index contributed by atoms with van der Waals surface area (Å²) in [6.45, 7) is 3.96. The second-order valence-electron chi connectivity index (χ2n) is 4.41. The number of ether oxygens (including phenoxy) is 1. The molecule has 5 heteroatoms. The van der Waals surface area contributed by atoms with Gasteiger partial charge in [0, 0.05) is 9.35 Å². The third-order valence-electron chi connectivity index (χ3n) is 2.50. The van der Waals surface area contributed by atoms with Crippen molar-refractivity contribution in [1.82, 2.24) is 0 Å². The molecule has 1 heterocycles. The maximum atomic E-state index is 10.3. The molecule has 1 atom stereocenters. The maximum absolute atomic E-state index is 10.3. The van der Waals surface area contributed by atoms with Crippen molar-refractivity contribution in [3.63, 3.8) is 0 Å². The van der Waals surface area contributed by atoms with Gasteiger partial charge in [-0.1, -0.05) is 23.7 Å². The summed E-state index contributed by atoms with van der Waals surface area (Å²) in [5.74, 6) is 0.802.